The van der Waals surface area contributed by atoms with E-state index in [1.54, 1.807) is 0 Å². The van der Waals surface area contributed by atoms with Crippen LogP contribution in [0.4, 0.5) is 0 Å². The van der Waals surface area contributed by atoms with Gasteiger partial charge in [-0.05, 0) is 18.3 Å². The van der Waals surface area contributed by atoms with Gasteiger partial charge < -0.3 is 8.94 Å². The lowest BCUT2D eigenvalue weighted by molar-refractivity contribution is 0.411. The number of rotatable bonds is 7. The summed E-state index contributed by atoms with van der Waals surface area (Å²) in [5.41, 5.74) is 0.0389. The van der Waals surface area contributed by atoms with Crippen molar-refractivity contribution in [1.82, 2.24) is 14.4 Å². The summed E-state index contributed by atoms with van der Waals surface area (Å²) >= 11 is 0. The van der Waals surface area contributed by atoms with Crippen LogP contribution in [0.25, 0.3) is 11.5 Å². The van der Waals surface area contributed by atoms with Crippen LogP contribution in [0.15, 0.2) is 26.4 Å². The van der Waals surface area contributed by atoms with E-state index in [9.17, 15) is 16.8 Å². The molecule has 0 bridgehead atoms. The first-order chi connectivity index (χ1) is 11.5. The summed E-state index contributed by atoms with van der Waals surface area (Å²) in [6.45, 7) is 0. The van der Waals surface area contributed by atoms with Gasteiger partial charge in [-0.3, -0.25) is 0 Å². The molecule has 3 rings (SSSR count). The maximum Gasteiger partial charge on any atom is 0.275 e. The largest absolute Gasteiger partial charge is 0.451 e. The van der Waals surface area contributed by atoms with Crippen LogP contribution in [-0.2, 0) is 26.3 Å². The normalized spacial score (nSPS) is 17.1. The number of furan rings is 1. The highest BCUT2D eigenvalue weighted by atomic mass is 32.2. The van der Waals surface area contributed by atoms with Crippen molar-refractivity contribution in [3.05, 3.63) is 18.2 Å². The predicted molar refractivity (Wildman–Crippen MR) is 88.0 cm³/mol. The van der Waals surface area contributed by atoms with E-state index < -0.39 is 19.9 Å². The van der Waals surface area contributed by atoms with E-state index in [-0.39, 0.29) is 22.2 Å². The summed E-state index contributed by atoms with van der Waals surface area (Å²) in [5.74, 6) is 0.629. The SMILES string of the molecule is CN(C)S(=O)(=O)c1cc(-c2nc(CC3(CS(C)(=O)=O)CC3)no2)co1. The lowest BCUT2D eigenvalue weighted by Gasteiger charge is -2.10. The van der Waals surface area contributed by atoms with Crippen LogP contribution in [0.2, 0.25) is 0 Å². The van der Waals surface area contributed by atoms with Crippen molar-refractivity contribution in [1.29, 1.82) is 0 Å². The molecule has 138 valence electrons. The molecule has 11 heteroatoms. The first-order valence-corrected chi connectivity index (χ1v) is 11.0. The summed E-state index contributed by atoms with van der Waals surface area (Å²) in [5, 5.41) is 3.65. The van der Waals surface area contributed by atoms with Gasteiger partial charge in [-0.15, -0.1) is 0 Å². The summed E-state index contributed by atoms with van der Waals surface area (Å²) in [6.07, 6.45) is 4.47. The zero-order valence-electron chi connectivity index (χ0n) is 14.1. The summed E-state index contributed by atoms with van der Waals surface area (Å²) in [6, 6.07) is 1.32. The molecule has 1 aliphatic carbocycles. The first kappa shape index (κ1) is 18.1. The monoisotopic (exact) mass is 389 g/mol. The minimum Gasteiger partial charge on any atom is -0.451 e. The third-order valence-corrected chi connectivity index (χ3v) is 6.90. The molecule has 0 N–H and O–H groups in total. The highest BCUT2D eigenvalue weighted by Gasteiger charge is 2.46. The Balaban J connectivity index is 1.78. The highest BCUT2D eigenvalue weighted by Crippen LogP contribution is 2.49. The molecule has 0 amide bonds. The molecule has 2 aromatic heterocycles. The highest BCUT2D eigenvalue weighted by molar-refractivity contribution is 7.90. The summed E-state index contributed by atoms with van der Waals surface area (Å²) in [4.78, 5) is 4.23. The van der Waals surface area contributed by atoms with Crippen molar-refractivity contribution >= 4 is 19.9 Å². The number of aromatic nitrogens is 2. The molecular formula is C14H19N3O6S2. The second-order valence-corrected chi connectivity index (χ2v) is 10.9. The molecule has 0 saturated heterocycles. The summed E-state index contributed by atoms with van der Waals surface area (Å²) in [7, 11) is -3.96. The fourth-order valence-corrected chi connectivity index (χ4v) is 4.94. The maximum atomic E-state index is 12.0. The van der Waals surface area contributed by atoms with Gasteiger partial charge in [0.2, 0.25) is 5.09 Å². The van der Waals surface area contributed by atoms with Gasteiger partial charge in [0.1, 0.15) is 16.1 Å². The number of hydrogen-bond donors (Lipinski definition) is 0. The molecule has 0 spiro atoms. The van der Waals surface area contributed by atoms with E-state index in [2.05, 4.69) is 10.1 Å². The van der Waals surface area contributed by atoms with Crippen LogP contribution in [0, 0.1) is 5.41 Å². The van der Waals surface area contributed by atoms with Crippen LogP contribution >= 0.6 is 0 Å². The molecule has 1 saturated carbocycles. The Morgan fingerprint density at radius 2 is 1.92 bits per heavy atom. The third kappa shape index (κ3) is 3.93. The van der Waals surface area contributed by atoms with E-state index in [4.69, 9.17) is 8.94 Å². The topological polar surface area (TPSA) is 124 Å². The molecule has 25 heavy (non-hydrogen) atoms. The predicted octanol–water partition coefficient (Wildman–Crippen LogP) is 0.947. The fraction of sp³-hybridized carbons (Fsp3) is 0.571. The van der Waals surface area contributed by atoms with E-state index >= 15 is 0 Å². The van der Waals surface area contributed by atoms with Gasteiger partial charge in [0.05, 0.1) is 11.3 Å². The lowest BCUT2D eigenvalue weighted by Crippen LogP contribution is -2.21. The zero-order chi connectivity index (χ0) is 18.5. The Morgan fingerprint density at radius 3 is 2.48 bits per heavy atom. The molecule has 0 aromatic carbocycles. The Hall–Kier alpha value is -1.72. The van der Waals surface area contributed by atoms with Crippen molar-refractivity contribution in [2.45, 2.75) is 24.4 Å². The van der Waals surface area contributed by atoms with Crippen molar-refractivity contribution in [2.24, 2.45) is 5.41 Å². The molecule has 1 aliphatic rings. The Morgan fingerprint density at radius 1 is 1.24 bits per heavy atom. The van der Waals surface area contributed by atoms with Crippen molar-refractivity contribution in [2.75, 3.05) is 26.1 Å². The molecule has 2 heterocycles. The summed E-state index contributed by atoms with van der Waals surface area (Å²) < 4.78 is 58.4. The second kappa shape index (κ2) is 5.92. The van der Waals surface area contributed by atoms with Crippen LogP contribution in [0.3, 0.4) is 0 Å². The quantitative estimate of drug-likeness (QED) is 0.685. The van der Waals surface area contributed by atoms with E-state index in [1.165, 1.54) is 32.7 Å². The van der Waals surface area contributed by atoms with Crippen LogP contribution in [0.1, 0.15) is 18.7 Å². The van der Waals surface area contributed by atoms with Crippen molar-refractivity contribution < 1.29 is 25.8 Å². The first-order valence-electron chi connectivity index (χ1n) is 7.53. The Kier molecular flexibility index (Phi) is 4.28. The minimum atomic E-state index is -3.69. The maximum absolute atomic E-state index is 12.0. The van der Waals surface area contributed by atoms with E-state index in [1.807, 2.05) is 0 Å². The second-order valence-electron chi connectivity index (χ2n) is 6.70. The molecule has 2 aromatic rings. The third-order valence-electron chi connectivity index (χ3n) is 4.08. The van der Waals surface area contributed by atoms with Gasteiger partial charge in [0.15, 0.2) is 5.82 Å². The average molecular weight is 389 g/mol. The molecule has 1 fully saturated rings. The van der Waals surface area contributed by atoms with E-state index in [0.717, 1.165) is 17.1 Å². The zero-order valence-corrected chi connectivity index (χ0v) is 15.7. The lowest BCUT2D eigenvalue weighted by atomic mass is 10.1. The number of sulfone groups is 1. The molecule has 0 radical (unpaired) electrons. The average Bonchev–Trinajstić information content (AvgIpc) is 2.92. The van der Waals surface area contributed by atoms with Gasteiger partial charge in [0, 0.05) is 32.8 Å². The Labute approximate surface area is 146 Å². The van der Waals surface area contributed by atoms with E-state index in [0.29, 0.717) is 17.8 Å². The standard InChI is InChI=1S/C14H19N3O6S2/c1-17(2)25(20,21)12-6-10(8-22-12)13-15-11(16-23-13)7-14(4-5-14)9-24(3,18)19/h6,8H,4-5,7,9H2,1-3H3. The number of nitrogens with zero attached hydrogens (tertiary/aromatic N) is 3. The van der Waals surface area contributed by atoms with Crippen LogP contribution in [0.5, 0.6) is 0 Å². The van der Waals surface area contributed by atoms with Gasteiger partial charge in [-0.25, -0.2) is 21.1 Å². The fourth-order valence-electron chi connectivity index (χ4n) is 2.63. The smallest absolute Gasteiger partial charge is 0.275 e. The molecule has 0 unspecified atom stereocenters. The number of sulfonamides is 1. The number of hydrogen-bond acceptors (Lipinski definition) is 8. The molecule has 0 atom stereocenters. The van der Waals surface area contributed by atoms with Gasteiger partial charge in [-0.2, -0.15) is 4.98 Å². The van der Waals surface area contributed by atoms with Gasteiger partial charge in [0.25, 0.3) is 15.9 Å². The Bertz CT molecular complexity index is 983. The van der Waals surface area contributed by atoms with Crippen molar-refractivity contribution in [3.8, 4) is 11.5 Å². The van der Waals surface area contributed by atoms with Crippen LogP contribution in [-0.4, -0.2) is 57.4 Å². The van der Waals surface area contributed by atoms with Crippen molar-refractivity contribution in [3.63, 3.8) is 0 Å². The van der Waals surface area contributed by atoms with Gasteiger partial charge >= 0.3 is 0 Å². The van der Waals surface area contributed by atoms with Crippen LogP contribution < -0.4 is 0 Å². The molecular weight excluding hydrogens is 370 g/mol. The van der Waals surface area contributed by atoms with Gasteiger partial charge in [-0.1, -0.05) is 5.16 Å². The molecule has 0 aliphatic heterocycles. The minimum absolute atomic E-state index is 0.0980. The molecule has 9 nitrogen and oxygen atoms in total.